The number of hydrogen-bond acceptors (Lipinski definition) is 4. The van der Waals surface area contributed by atoms with E-state index in [4.69, 9.17) is 4.74 Å². The molecule has 0 fully saturated rings. The first kappa shape index (κ1) is 23.3. The van der Waals surface area contributed by atoms with Crippen molar-refractivity contribution in [3.63, 3.8) is 0 Å². The Balaban J connectivity index is 1.81. The number of ether oxygens (including phenoxy) is 1. The minimum Gasteiger partial charge on any atom is -0.494 e. The van der Waals surface area contributed by atoms with E-state index >= 15 is 0 Å². The summed E-state index contributed by atoms with van der Waals surface area (Å²) in [5.41, 5.74) is 6.67. The van der Waals surface area contributed by atoms with E-state index in [0.717, 1.165) is 40.1 Å². The lowest BCUT2D eigenvalue weighted by molar-refractivity contribution is -0.120. The second-order valence-electron chi connectivity index (χ2n) is 8.86. The number of nitrogens with one attached hydrogen (secondary N) is 1. The van der Waals surface area contributed by atoms with E-state index in [1.807, 2.05) is 82.3 Å². The van der Waals surface area contributed by atoms with Gasteiger partial charge in [-0.05, 0) is 92.3 Å². The number of anilines is 2. The van der Waals surface area contributed by atoms with Gasteiger partial charge in [-0.1, -0.05) is 37.3 Å². The van der Waals surface area contributed by atoms with Crippen molar-refractivity contribution in [2.75, 3.05) is 16.8 Å². The molecule has 0 bridgehead atoms. The van der Waals surface area contributed by atoms with Crippen molar-refractivity contribution < 1.29 is 14.3 Å². The topological polar surface area (TPSA) is 58.6 Å². The van der Waals surface area contributed by atoms with Crippen molar-refractivity contribution in [2.45, 2.75) is 41.0 Å². The fourth-order valence-electron chi connectivity index (χ4n) is 4.22. The summed E-state index contributed by atoms with van der Waals surface area (Å²) < 4.78 is 5.69. The van der Waals surface area contributed by atoms with Crippen LogP contribution in [0.4, 0.5) is 11.4 Å². The number of hydrogen-bond donors (Lipinski definition) is 1. The molecule has 0 saturated heterocycles. The Morgan fingerprint density at radius 3 is 2.12 bits per heavy atom. The van der Waals surface area contributed by atoms with Gasteiger partial charge in [-0.25, -0.2) is 4.90 Å². The molecule has 5 heteroatoms. The van der Waals surface area contributed by atoms with Crippen LogP contribution < -0.4 is 15.0 Å². The van der Waals surface area contributed by atoms with Crippen LogP contribution in [0.1, 0.15) is 41.2 Å². The number of carbonyl (C=O) groups excluding carboxylic acids is 2. The molecule has 4 rings (SSSR count). The molecule has 0 atom stereocenters. The molecule has 0 aliphatic carbocycles. The van der Waals surface area contributed by atoms with Crippen LogP contribution in [0, 0.1) is 27.7 Å². The largest absolute Gasteiger partial charge is 0.494 e. The molecule has 1 aliphatic heterocycles. The maximum absolute atomic E-state index is 13.7. The molecule has 0 aromatic heterocycles. The summed E-state index contributed by atoms with van der Waals surface area (Å²) in [6.45, 7) is 10.5. The van der Waals surface area contributed by atoms with Crippen molar-refractivity contribution in [2.24, 2.45) is 0 Å². The number of nitrogens with zero attached hydrogens (tertiary/aromatic N) is 1. The molecule has 1 N–H and O–H groups in total. The van der Waals surface area contributed by atoms with Crippen molar-refractivity contribution >= 4 is 28.8 Å². The van der Waals surface area contributed by atoms with Gasteiger partial charge < -0.3 is 10.1 Å². The van der Waals surface area contributed by atoms with Gasteiger partial charge in [-0.2, -0.15) is 0 Å². The normalized spacial score (nSPS) is 13.6. The van der Waals surface area contributed by atoms with Gasteiger partial charge >= 0.3 is 0 Å². The predicted octanol–water partition coefficient (Wildman–Crippen LogP) is 6.11. The van der Waals surface area contributed by atoms with E-state index in [0.29, 0.717) is 23.4 Å². The highest BCUT2D eigenvalue weighted by atomic mass is 16.5. The zero-order valence-corrected chi connectivity index (χ0v) is 20.4. The third-order valence-electron chi connectivity index (χ3n) is 5.80. The average Bonchev–Trinajstić information content (AvgIpc) is 3.03. The van der Waals surface area contributed by atoms with Gasteiger partial charge in [0.15, 0.2) is 0 Å². The van der Waals surface area contributed by atoms with Crippen LogP contribution in [-0.4, -0.2) is 18.4 Å². The second-order valence-corrected chi connectivity index (χ2v) is 8.86. The van der Waals surface area contributed by atoms with Crippen molar-refractivity contribution in [3.05, 3.63) is 94.2 Å². The number of aryl methyl sites for hydroxylation is 4. The van der Waals surface area contributed by atoms with E-state index in [-0.39, 0.29) is 17.5 Å². The first-order chi connectivity index (χ1) is 16.3. The van der Waals surface area contributed by atoms with Crippen LogP contribution in [0.15, 0.2) is 66.4 Å². The third kappa shape index (κ3) is 4.60. The van der Waals surface area contributed by atoms with Crippen molar-refractivity contribution in [1.82, 2.24) is 0 Å². The van der Waals surface area contributed by atoms with Gasteiger partial charge in [0.1, 0.15) is 11.4 Å². The Kier molecular flexibility index (Phi) is 6.55. The Morgan fingerprint density at radius 1 is 0.794 bits per heavy atom. The molecule has 2 amide bonds. The molecular weight excluding hydrogens is 424 g/mol. The summed E-state index contributed by atoms with van der Waals surface area (Å²) in [5, 5.41) is 3.27. The van der Waals surface area contributed by atoms with Gasteiger partial charge in [-0.3, -0.25) is 9.59 Å². The predicted molar refractivity (Wildman–Crippen MR) is 137 cm³/mol. The van der Waals surface area contributed by atoms with Crippen LogP contribution in [0.25, 0.3) is 5.57 Å². The molecule has 0 unspecified atom stereocenters. The molecule has 3 aromatic carbocycles. The molecular formula is C29H30N2O3. The first-order valence-corrected chi connectivity index (χ1v) is 11.6. The Hall–Kier alpha value is -3.86. The number of benzene rings is 3. The lowest BCUT2D eigenvalue weighted by atomic mass is 10.0. The second kappa shape index (κ2) is 9.56. The van der Waals surface area contributed by atoms with Crippen molar-refractivity contribution in [3.8, 4) is 5.75 Å². The maximum Gasteiger partial charge on any atom is 0.282 e. The number of carbonyl (C=O) groups is 2. The van der Waals surface area contributed by atoms with Crippen LogP contribution in [0.3, 0.4) is 0 Å². The summed E-state index contributed by atoms with van der Waals surface area (Å²) in [5.74, 6) is 0.0325. The minimum atomic E-state index is -0.362. The fourth-order valence-corrected chi connectivity index (χ4v) is 4.22. The maximum atomic E-state index is 13.7. The summed E-state index contributed by atoms with van der Waals surface area (Å²) >= 11 is 0. The molecule has 34 heavy (non-hydrogen) atoms. The number of imide groups is 1. The van der Waals surface area contributed by atoms with Crippen LogP contribution >= 0.6 is 0 Å². The highest BCUT2D eigenvalue weighted by molar-refractivity contribution is 6.46. The molecule has 0 spiro atoms. The van der Waals surface area contributed by atoms with E-state index < -0.39 is 0 Å². The van der Waals surface area contributed by atoms with E-state index in [1.54, 1.807) is 0 Å². The molecule has 0 saturated carbocycles. The Bertz CT molecular complexity index is 1270. The van der Waals surface area contributed by atoms with Gasteiger partial charge in [0, 0.05) is 5.69 Å². The Labute approximate surface area is 201 Å². The first-order valence-electron chi connectivity index (χ1n) is 11.6. The monoisotopic (exact) mass is 454 g/mol. The van der Waals surface area contributed by atoms with Gasteiger partial charge in [0.2, 0.25) is 0 Å². The molecule has 1 aliphatic rings. The SMILES string of the molecule is CCCOc1ccc(C2=C(Nc3cc(C)cc(C)c3)C(=O)N(c3cc(C)ccc3C)C2=O)cc1. The summed E-state index contributed by atoms with van der Waals surface area (Å²) in [6.07, 6.45) is 0.911. The lowest BCUT2D eigenvalue weighted by Gasteiger charge is -2.18. The number of rotatable bonds is 7. The third-order valence-corrected chi connectivity index (χ3v) is 5.80. The van der Waals surface area contributed by atoms with Crippen molar-refractivity contribution in [1.29, 1.82) is 0 Å². The number of amides is 2. The van der Waals surface area contributed by atoms with Gasteiger partial charge in [0.25, 0.3) is 11.8 Å². The van der Waals surface area contributed by atoms with E-state index in [1.165, 1.54) is 4.90 Å². The van der Waals surface area contributed by atoms with E-state index in [9.17, 15) is 9.59 Å². The summed E-state index contributed by atoms with van der Waals surface area (Å²) in [4.78, 5) is 28.7. The average molecular weight is 455 g/mol. The van der Waals surface area contributed by atoms with Gasteiger partial charge in [-0.15, -0.1) is 0 Å². The summed E-state index contributed by atoms with van der Waals surface area (Å²) in [7, 11) is 0. The van der Waals surface area contributed by atoms with Crippen LogP contribution in [0.5, 0.6) is 5.75 Å². The van der Waals surface area contributed by atoms with Gasteiger partial charge in [0.05, 0.1) is 17.9 Å². The lowest BCUT2D eigenvalue weighted by Crippen LogP contribution is -2.33. The van der Waals surface area contributed by atoms with E-state index in [2.05, 4.69) is 18.3 Å². The smallest absolute Gasteiger partial charge is 0.282 e. The molecule has 0 radical (unpaired) electrons. The standard InChI is InChI=1S/C29H30N2O3/c1-6-13-34-24-11-9-22(10-12-24)26-27(30-23-15-19(3)14-20(4)16-23)29(33)31(28(26)32)25-17-18(2)7-8-21(25)5/h7-12,14-17,30H,6,13H2,1-5H3. The molecule has 174 valence electrons. The highest BCUT2D eigenvalue weighted by Gasteiger charge is 2.40. The highest BCUT2D eigenvalue weighted by Crippen LogP contribution is 2.36. The summed E-state index contributed by atoms with van der Waals surface area (Å²) in [6, 6.07) is 19.1. The molecule has 1 heterocycles. The zero-order valence-electron chi connectivity index (χ0n) is 20.4. The zero-order chi connectivity index (χ0) is 24.4. The van der Waals surface area contributed by atoms with Crippen LogP contribution in [-0.2, 0) is 9.59 Å². The fraction of sp³-hybridized carbons (Fsp3) is 0.241. The molecule has 3 aromatic rings. The quantitative estimate of drug-likeness (QED) is 0.438. The van der Waals surface area contributed by atoms with Crippen LogP contribution in [0.2, 0.25) is 0 Å². The Morgan fingerprint density at radius 2 is 1.47 bits per heavy atom. The molecule has 5 nitrogen and oxygen atoms in total. The minimum absolute atomic E-state index is 0.276.